The Morgan fingerprint density at radius 1 is 1.33 bits per heavy atom. The summed E-state index contributed by atoms with van der Waals surface area (Å²) >= 11 is 0. The highest BCUT2D eigenvalue weighted by atomic mass is 16.3. The van der Waals surface area contributed by atoms with Gasteiger partial charge >= 0.3 is 0 Å². The number of carbonyl (C=O) groups is 1. The van der Waals surface area contributed by atoms with E-state index in [-0.39, 0.29) is 5.91 Å². The van der Waals surface area contributed by atoms with Gasteiger partial charge in [0.2, 0.25) is 5.91 Å². The van der Waals surface area contributed by atoms with Crippen LogP contribution in [0.3, 0.4) is 0 Å². The van der Waals surface area contributed by atoms with Gasteiger partial charge in [0.1, 0.15) is 5.58 Å². The minimum absolute atomic E-state index is 0.00877. The van der Waals surface area contributed by atoms with Gasteiger partial charge in [-0.05, 0) is 36.1 Å². The highest BCUT2D eigenvalue weighted by Crippen LogP contribution is 2.23. The molecule has 1 aromatic carbocycles. The summed E-state index contributed by atoms with van der Waals surface area (Å²) in [6, 6.07) is 6.35. The van der Waals surface area contributed by atoms with E-state index in [1.165, 1.54) is 17.9 Å². The molecular formula is C15H19NO2. The Bertz CT molecular complexity index is 542. The van der Waals surface area contributed by atoms with Crippen LogP contribution in [0.4, 0.5) is 0 Å². The molecule has 0 saturated carbocycles. The molecule has 2 aromatic rings. The van der Waals surface area contributed by atoms with Gasteiger partial charge in [-0.1, -0.05) is 19.4 Å². The molecule has 3 nitrogen and oxygen atoms in total. The summed E-state index contributed by atoms with van der Waals surface area (Å²) in [5.74, 6) is 0.00877. The third-order valence-electron chi connectivity index (χ3n) is 3.03. The summed E-state index contributed by atoms with van der Waals surface area (Å²) in [7, 11) is 0. The highest BCUT2D eigenvalue weighted by molar-refractivity contribution is 5.82. The zero-order valence-electron chi connectivity index (χ0n) is 11.0. The van der Waals surface area contributed by atoms with Crippen molar-refractivity contribution in [3.8, 4) is 0 Å². The lowest BCUT2D eigenvalue weighted by Crippen LogP contribution is -2.22. The van der Waals surface area contributed by atoms with Crippen LogP contribution in [0.15, 0.2) is 28.9 Å². The number of hydrogen-bond donors (Lipinski definition) is 1. The zero-order chi connectivity index (χ0) is 13.0. The normalized spacial score (nSPS) is 10.8. The van der Waals surface area contributed by atoms with E-state index in [9.17, 15) is 4.79 Å². The number of nitrogens with one attached hydrogen (secondary N) is 1. The molecule has 0 aliphatic rings. The summed E-state index contributed by atoms with van der Waals surface area (Å²) in [6.07, 6.45) is 4.83. The molecule has 96 valence electrons. The molecule has 0 spiro atoms. The number of rotatable bonds is 5. The van der Waals surface area contributed by atoms with Crippen molar-refractivity contribution in [1.29, 1.82) is 0 Å². The van der Waals surface area contributed by atoms with Crippen molar-refractivity contribution >= 4 is 16.9 Å². The van der Waals surface area contributed by atoms with Gasteiger partial charge in [0.25, 0.3) is 0 Å². The van der Waals surface area contributed by atoms with Crippen LogP contribution in [-0.4, -0.2) is 12.5 Å². The first-order valence-electron chi connectivity index (χ1n) is 6.44. The predicted octanol–water partition coefficient (Wildman–Crippen LogP) is 3.06. The van der Waals surface area contributed by atoms with Gasteiger partial charge in [-0.2, -0.15) is 0 Å². The van der Waals surface area contributed by atoms with Gasteiger partial charge < -0.3 is 9.73 Å². The number of furan rings is 1. The maximum atomic E-state index is 10.8. The first kappa shape index (κ1) is 12.7. The van der Waals surface area contributed by atoms with Gasteiger partial charge in [-0.3, -0.25) is 4.79 Å². The largest absolute Gasteiger partial charge is 0.464 e. The summed E-state index contributed by atoms with van der Waals surface area (Å²) in [5, 5.41) is 3.98. The quantitative estimate of drug-likeness (QED) is 0.879. The van der Waals surface area contributed by atoms with E-state index in [1.807, 2.05) is 6.07 Å². The van der Waals surface area contributed by atoms with Crippen molar-refractivity contribution in [2.75, 3.05) is 6.54 Å². The number of amides is 1. The Morgan fingerprint density at radius 2 is 2.17 bits per heavy atom. The summed E-state index contributed by atoms with van der Waals surface area (Å²) in [5.41, 5.74) is 3.43. The monoisotopic (exact) mass is 245 g/mol. The third-order valence-corrected chi connectivity index (χ3v) is 3.03. The fourth-order valence-corrected chi connectivity index (χ4v) is 2.14. The number of carbonyl (C=O) groups excluding carboxylic acids is 1. The van der Waals surface area contributed by atoms with E-state index >= 15 is 0 Å². The lowest BCUT2D eigenvalue weighted by molar-refractivity contribution is -0.118. The first-order valence-corrected chi connectivity index (χ1v) is 6.44. The van der Waals surface area contributed by atoms with Crippen LogP contribution < -0.4 is 5.32 Å². The molecule has 0 fully saturated rings. The topological polar surface area (TPSA) is 42.2 Å². The second-order valence-corrected chi connectivity index (χ2v) is 4.57. The Balaban J connectivity index is 2.16. The molecule has 0 radical (unpaired) electrons. The number of fused-ring (bicyclic) bond motifs is 1. The van der Waals surface area contributed by atoms with E-state index in [0.717, 1.165) is 30.4 Å². The lowest BCUT2D eigenvalue weighted by Gasteiger charge is -2.02. The average molecular weight is 245 g/mol. The van der Waals surface area contributed by atoms with Crippen LogP contribution in [0.1, 0.15) is 31.4 Å². The molecule has 1 aromatic heterocycles. The molecular weight excluding hydrogens is 226 g/mol. The van der Waals surface area contributed by atoms with Gasteiger partial charge in [0.05, 0.1) is 6.26 Å². The number of aryl methyl sites for hydroxylation is 1. The van der Waals surface area contributed by atoms with Crippen LogP contribution >= 0.6 is 0 Å². The van der Waals surface area contributed by atoms with Crippen molar-refractivity contribution in [1.82, 2.24) is 5.32 Å². The molecule has 0 bridgehead atoms. The molecule has 0 unspecified atom stereocenters. The van der Waals surface area contributed by atoms with Crippen molar-refractivity contribution in [2.45, 2.75) is 33.1 Å². The molecule has 0 saturated heterocycles. The van der Waals surface area contributed by atoms with Gasteiger partial charge in [0.15, 0.2) is 0 Å². The Labute approximate surface area is 107 Å². The van der Waals surface area contributed by atoms with E-state index in [4.69, 9.17) is 4.42 Å². The van der Waals surface area contributed by atoms with Crippen LogP contribution in [0.5, 0.6) is 0 Å². The summed E-state index contributed by atoms with van der Waals surface area (Å²) in [4.78, 5) is 10.8. The van der Waals surface area contributed by atoms with Crippen molar-refractivity contribution < 1.29 is 9.21 Å². The molecule has 1 heterocycles. The van der Waals surface area contributed by atoms with Crippen LogP contribution in [0.2, 0.25) is 0 Å². The number of benzene rings is 1. The minimum atomic E-state index is 0.00877. The van der Waals surface area contributed by atoms with E-state index < -0.39 is 0 Å². The van der Waals surface area contributed by atoms with E-state index in [2.05, 4.69) is 24.4 Å². The maximum absolute atomic E-state index is 10.8. The standard InChI is InChI=1S/C15H19NO2/c1-3-4-12-5-6-15-14(9-12)13(10-18-15)7-8-16-11(2)17/h5-6,9-10H,3-4,7-8H2,1-2H3,(H,16,17). The highest BCUT2D eigenvalue weighted by Gasteiger charge is 2.06. The minimum Gasteiger partial charge on any atom is -0.464 e. The van der Waals surface area contributed by atoms with E-state index in [0.29, 0.717) is 6.54 Å². The number of hydrogen-bond acceptors (Lipinski definition) is 2. The second-order valence-electron chi connectivity index (χ2n) is 4.57. The fourth-order valence-electron chi connectivity index (χ4n) is 2.14. The summed E-state index contributed by atoms with van der Waals surface area (Å²) in [6.45, 7) is 4.37. The first-order chi connectivity index (χ1) is 8.70. The molecule has 0 aliphatic heterocycles. The van der Waals surface area contributed by atoms with Crippen LogP contribution in [0, 0.1) is 0 Å². The van der Waals surface area contributed by atoms with Crippen LogP contribution in [0.25, 0.3) is 11.0 Å². The molecule has 0 aliphatic carbocycles. The Kier molecular flexibility index (Phi) is 4.03. The van der Waals surface area contributed by atoms with Gasteiger partial charge in [0, 0.05) is 18.9 Å². The zero-order valence-corrected chi connectivity index (χ0v) is 11.0. The lowest BCUT2D eigenvalue weighted by atomic mass is 10.0. The van der Waals surface area contributed by atoms with Gasteiger partial charge in [-0.15, -0.1) is 0 Å². The van der Waals surface area contributed by atoms with Crippen molar-refractivity contribution in [3.63, 3.8) is 0 Å². The van der Waals surface area contributed by atoms with Crippen molar-refractivity contribution in [2.24, 2.45) is 0 Å². The smallest absolute Gasteiger partial charge is 0.216 e. The van der Waals surface area contributed by atoms with E-state index in [1.54, 1.807) is 6.26 Å². The SMILES string of the molecule is CCCc1ccc2occ(CCNC(C)=O)c2c1. The Hall–Kier alpha value is -1.77. The van der Waals surface area contributed by atoms with Crippen LogP contribution in [-0.2, 0) is 17.6 Å². The average Bonchev–Trinajstić information content (AvgIpc) is 2.72. The molecule has 3 heteroatoms. The molecule has 1 amide bonds. The third kappa shape index (κ3) is 2.92. The fraction of sp³-hybridized carbons (Fsp3) is 0.400. The summed E-state index contributed by atoms with van der Waals surface area (Å²) < 4.78 is 5.53. The van der Waals surface area contributed by atoms with Gasteiger partial charge in [-0.25, -0.2) is 0 Å². The molecule has 2 rings (SSSR count). The van der Waals surface area contributed by atoms with Crippen molar-refractivity contribution in [3.05, 3.63) is 35.6 Å². The second kappa shape index (κ2) is 5.71. The Morgan fingerprint density at radius 3 is 2.89 bits per heavy atom. The molecule has 1 N–H and O–H groups in total. The molecule has 0 atom stereocenters. The molecule has 18 heavy (non-hydrogen) atoms. The maximum Gasteiger partial charge on any atom is 0.216 e. The predicted molar refractivity (Wildman–Crippen MR) is 72.6 cm³/mol.